The lowest BCUT2D eigenvalue weighted by molar-refractivity contribution is 1.11. The van der Waals surface area contributed by atoms with Crippen LogP contribution >= 0.6 is 34.5 Å². The Bertz CT molecular complexity index is 720. The van der Waals surface area contributed by atoms with Crippen molar-refractivity contribution in [1.82, 2.24) is 10.2 Å². The van der Waals surface area contributed by atoms with Crippen molar-refractivity contribution < 1.29 is 0 Å². The summed E-state index contributed by atoms with van der Waals surface area (Å²) in [5.41, 5.74) is 8.59. The highest BCUT2D eigenvalue weighted by atomic mass is 35.5. The summed E-state index contributed by atoms with van der Waals surface area (Å²) in [7, 11) is 0. The van der Waals surface area contributed by atoms with Crippen molar-refractivity contribution in [1.29, 1.82) is 0 Å². The number of H-pyrrole nitrogens is 1. The molecule has 2 aromatic heterocycles. The average Bonchev–Trinajstić information content (AvgIpc) is 3.01. The molecule has 0 saturated heterocycles. The van der Waals surface area contributed by atoms with Gasteiger partial charge in [0.2, 0.25) is 0 Å². The molecule has 0 fully saturated rings. The standard InChI is InChI=1S/C13H9Cl2N3S/c14-8-4-3-7(6-9(8)15)11-12(17-18-13(11)16)10-2-1-5-19-10/h1-6H,(H3,16,17,18). The van der Waals surface area contributed by atoms with Gasteiger partial charge in [-0.05, 0) is 29.1 Å². The summed E-state index contributed by atoms with van der Waals surface area (Å²) >= 11 is 13.6. The van der Waals surface area contributed by atoms with Crippen LogP contribution in [0.3, 0.4) is 0 Å². The second-order valence-corrected chi connectivity index (χ2v) is 5.73. The van der Waals surface area contributed by atoms with Crippen molar-refractivity contribution in [2.45, 2.75) is 0 Å². The van der Waals surface area contributed by atoms with Crippen LogP contribution in [-0.4, -0.2) is 10.2 Å². The first-order valence-corrected chi connectivity index (χ1v) is 7.13. The highest BCUT2D eigenvalue weighted by Gasteiger charge is 2.16. The van der Waals surface area contributed by atoms with Crippen LogP contribution in [0, 0.1) is 0 Å². The van der Waals surface area contributed by atoms with Gasteiger partial charge in [-0.2, -0.15) is 5.10 Å². The number of aromatic amines is 1. The van der Waals surface area contributed by atoms with E-state index in [0.717, 1.165) is 21.7 Å². The molecule has 0 aliphatic rings. The molecule has 0 radical (unpaired) electrons. The van der Waals surface area contributed by atoms with Gasteiger partial charge >= 0.3 is 0 Å². The molecular weight excluding hydrogens is 301 g/mol. The highest BCUT2D eigenvalue weighted by molar-refractivity contribution is 7.13. The Kier molecular flexibility index (Phi) is 3.22. The fourth-order valence-electron chi connectivity index (χ4n) is 1.90. The molecule has 3 aromatic rings. The number of halogens is 2. The summed E-state index contributed by atoms with van der Waals surface area (Å²) in [5.74, 6) is 0.446. The number of nitrogens with two attached hydrogens (primary N) is 1. The molecule has 3 N–H and O–H groups in total. The van der Waals surface area contributed by atoms with Gasteiger partial charge in [-0.3, -0.25) is 5.10 Å². The number of thiophene rings is 1. The number of nitrogen functional groups attached to an aromatic ring is 1. The Morgan fingerprint density at radius 1 is 1.16 bits per heavy atom. The predicted octanol–water partition coefficient (Wildman–Crippen LogP) is 4.69. The van der Waals surface area contributed by atoms with Crippen LogP contribution in [0.25, 0.3) is 21.7 Å². The van der Waals surface area contributed by atoms with Crippen LogP contribution in [0.15, 0.2) is 35.7 Å². The maximum absolute atomic E-state index is 6.06. The van der Waals surface area contributed by atoms with E-state index in [1.807, 2.05) is 23.6 Å². The smallest absolute Gasteiger partial charge is 0.153 e. The van der Waals surface area contributed by atoms with E-state index < -0.39 is 0 Å². The zero-order valence-electron chi connectivity index (χ0n) is 9.65. The van der Waals surface area contributed by atoms with Crippen molar-refractivity contribution in [3.8, 4) is 21.7 Å². The molecule has 0 spiro atoms. The van der Waals surface area contributed by atoms with E-state index in [-0.39, 0.29) is 0 Å². The van der Waals surface area contributed by atoms with Crippen molar-refractivity contribution in [2.75, 3.05) is 5.73 Å². The highest BCUT2D eigenvalue weighted by Crippen LogP contribution is 2.38. The average molecular weight is 310 g/mol. The maximum Gasteiger partial charge on any atom is 0.153 e. The third-order valence-electron chi connectivity index (χ3n) is 2.77. The first-order chi connectivity index (χ1) is 9.16. The quantitative estimate of drug-likeness (QED) is 0.721. The van der Waals surface area contributed by atoms with Crippen LogP contribution in [0.4, 0.5) is 5.82 Å². The van der Waals surface area contributed by atoms with Crippen LogP contribution in [-0.2, 0) is 0 Å². The van der Waals surface area contributed by atoms with E-state index in [0.29, 0.717) is 15.9 Å². The third kappa shape index (κ3) is 2.23. The molecule has 19 heavy (non-hydrogen) atoms. The largest absolute Gasteiger partial charge is 0.382 e. The van der Waals surface area contributed by atoms with E-state index >= 15 is 0 Å². The predicted molar refractivity (Wildman–Crippen MR) is 81.8 cm³/mol. The molecule has 0 atom stereocenters. The first kappa shape index (κ1) is 12.5. The molecule has 1 aromatic carbocycles. The topological polar surface area (TPSA) is 54.7 Å². The second-order valence-electron chi connectivity index (χ2n) is 3.97. The van der Waals surface area contributed by atoms with Crippen molar-refractivity contribution in [3.05, 3.63) is 45.8 Å². The number of nitrogens with zero attached hydrogens (tertiary/aromatic N) is 1. The van der Waals surface area contributed by atoms with Crippen molar-refractivity contribution >= 4 is 40.4 Å². The molecule has 0 bridgehead atoms. The lowest BCUT2D eigenvalue weighted by atomic mass is 10.0. The molecule has 0 unspecified atom stereocenters. The minimum absolute atomic E-state index is 0.446. The number of rotatable bonds is 2. The molecule has 0 aliphatic heterocycles. The number of anilines is 1. The Morgan fingerprint density at radius 2 is 2.00 bits per heavy atom. The van der Waals surface area contributed by atoms with Gasteiger partial charge in [0.05, 0.1) is 26.2 Å². The molecule has 3 nitrogen and oxygen atoms in total. The van der Waals surface area contributed by atoms with Gasteiger partial charge < -0.3 is 5.73 Å². The molecule has 3 rings (SSSR count). The fraction of sp³-hybridized carbons (Fsp3) is 0. The first-order valence-electron chi connectivity index (χ1n) is 5.50. The van der Waals surface area contributed by atoms with Gasteiger partial charge in [0.15, 0.2) is 5.82 Å². The Labute approximate surface area is 124 Å². The molecule has 0 saturated carbocycles. The zero-order chi connectivity index (χ0) is 13.4. The van der Waals surface area contributed by atoms with E-state index in [1.54, 1.807) is 23.5 Å². The normalized spacial score (nSPS) is 10.8. The van der Waals surface area contributed by atoms with E-state index in [1.165, 1.54) is 0 Å². The van der Waals surface area contributed by atoms with E-state index in [2.05, 4.69) is 10.2 Å². The number of hydrogen-bond acceptors (Lipinski definition) is 3. The number of nitrogens with one attached hydrogen (secondary N) is 1. The van der Waals surface area contributed by atoms with E-state index in [4.69, 9.17) is 28.9 Å². The zero-order valence-corrected chi connectivity index (χ0v) is 12.0. The summed E-state index contributed by atoms with van der Waals surface area (Å²) in [6, 6.07) is 9.42. The van der Waals surface area contributed by atoms with Gasteiger partial charge in [-0.1, -0.05) is 35.3 Å². The van der Waals surface area contributed by atoms with Gasteiger partial charge in [0.1, 0.15) is 0 Å². The van der Waals surface area contributed by atoms with Crippen molar-refractivity contribution in [2.24, 2.45) is 0 Å². The SMILES string of the molecule is Nc1n[nH]c(-c2cccs2)c1-c1ccc(Cl)c(Cl)c1. The van der Waals surface area contributed by atoms with Gasteiger partial charge in [-0.15, -0.1) is 11.3 Å². The van der Waals surface area contributed by atoms with Gasteiger partial charge in [0, 0.05) is 0 Å². The lowest BCUT2D eigenvalue weighted by Crippen LogP contribution is -1.88. The molecule has 0 amide bonds. The lowest BCUT2D eigenvalue weighted by Gasteiger charge is -2.04. The molecule has 6 heteroatoms. The summed E-state index contributed by atoms with van der Waals surface area (Å²) in [6.45, 7) is 0. The van der Waals surface area contributed by atoms with E-state index in [9.17, 15) is 0 Å². The molecule has 2 heterocycles. The van der Waals surface area contributed by atoms with Gasteiger partial charge in [0.25, 0.3) is 0 Å². The second kappa shape index (κ2) is 4.89. The monoisotopic (exact) mass is 309 g/mol. The third-order valence-corrected chi connectivity index (χ3v) is 4.40. The summed E-state index contributed by atoms with van der Waals surface area (Å²) < 4.78 is 0. The minimum Gasteiger partial charge on any atom is -0.382 e. The van der Waals surface area contributed by atoms with Gasteiger partial charge in [-0.25, -0.2) is 0 Å². The number of hydrogen-bond donors (Lipinski definition) is 2. The molecule has 96 valence electrons. The summed E-state index contributed by atoms with van der Waals surface area (Å²) in [6.07, 6.45) is 0. The maximum atomic E-state index is 6.06. The number of benzene rings is 1. The summed E-state index contributed by atoms with van der Waals surface area (Å²) in [5, 5.41) is 10.1. The van der Waals surface area contributed by atoms with Crippen LogP contribution < -0.4 is 5.73 Å². The van der Waals surface area contributed by atoms with Crippen molar-refractivity contribution in [3.63, 3.8) is 0 Å². The van der Waals surface area contributed by atoms with Crippen LogP contribution in [0.2, 0.25) is 10.0 Å². The number of aromatic nitrogens is 2. The fourth-order valence-corrected chi connectivity index (χ4v) is 2.92. The Hall–Kier alpha value is -1.49. The summed E-state index contributed by atoms with van der Waals surface area (Å²) in [4.78, 5) is 1.07. The molecule has 0 aliphatic carbocycles. The minimum atomic E-state index is 0.446. The Morgan fingerprint density at radius 3 is 2.68 bits per heavy atom. The Balaban J connectivity index is 2.19. The molecular formula is C13H9Cl2N3S. The van der Waals surface area contributed by atoms with Crippen LogP contribution in [0.5, 0.6) is 0 Å². The van der Waals surface area contributed by atoms with Crippen LogP contribution in [0.1, 0.15) is 0 Å².